The van der Waals surface area contributed by atoms with Crippen LogP contribution in [-0.2, 0) is 9.53 Å². The summed E-state index contributed by atoms with van der Waals surface area (Å²) < 4.78 is 47.0. The molecular weight excluding hydrogens is 405 g/mol. The van der Waals surface area contributed by atoms with Crippen LogP contribution in [0.5, 0.6) is 5.88 Å². The number of carbonyl (C=O) groups is 2. The molecule has 160 valence electrons. The van der Waals surface area contributed by atoms with Gasteiger partial charge in [-0.1, -0.05) is 13.8 Å². The predicted octanol–water partition coefficient (Wildman–Crippen LogP) is 2.08. The van der Waals surface area contributed by atoms with Crippen LogP contribution in [0.3, 0.4) is 0 Å². The fraction of sp³-hybridized carbons (Fsp3) is 0.526. The van der Waals surface area contributed by atoms with Gasteiger partial charge in [0.15, 0.2) is 18.1 Å². The summed E-state index contributed by atoms with van der Waals surface area (Å²) >= 11 is 0. The van der Waals surface area contributed by atoms with E-state index in [2.05, 4.69) is 14.9 Å². The first kappa shape index (κ1) is 21.7. The Morgan fingerprint density at radius 1 is 1.37 bits per heavy atom. The Kier molecular flexibility index (Phi) is 5.56. The molecule has 2 heterocycles. The molecule has 1 aromatic heterocycles. The number of hydrogen-bond acceptors (Lipinski definition) is 7. The van der Waals surface area contributed by atoms with Gasteiger partial charge in [0.2, 0.25) is 5.88 Å². The van der Waals surface area contributed by atoms with Gasteiger partial charge in [-0.3, -0.25) is 9.59 Å². The minimum absolute atomic E-state index is 0.00786. The molecule has 1 fully saturated rings. The van der Waals surface area contributed by atoms with Crippen LogP contribution < -0.4 is 4.74 Å². The highest BCUT2D eigenvalue weighted by Gasteiger charge is 2.48. The highest BCUT2D eigenvalue weighted by atomic mass is 19.4. The normalized spacial score (nSPS) is 23.7. The van der Waals surface area contributed by atoms with E-state index in [1.807, 2.05) is 6.07 Å². The Morgan fingerprint density at radius 2 is 2.10 bits per heavy atom. The summed E-state index contributed by atoms with van der Waals surface area (Å²) in [7, 11) is 0. The lowest BCUT2D eigenvalue weighted by molar-refractivity contribution is -0.154. The van der Waals surface area contributed by atoms with Crippen LogP contribution in [0.4, 0.5) is 13.2 Å². The van der Waals surface area contributed by atoms with Gasteiger partial charge in [-0.25, -0.2) is 0 Å². The van der Waals surface area contributed by atoms with E-state index in [4.69, 9.17) is 4.74 Å². The van der Waals surface area contributed by atoms with Gasteiger partial charge >= 0.3 is 6.18 Å². The number of amides is 1. The summed E-state index contributed by atoms with van der Waals surface area (Å²) in [5.41, 5.74) is -1.89. The minimum atomic E-state index is -4.51. The third-order valence-corrected chi connectivity index (χ3v) is 4.87. The second-order valence-corrected chi connectivity index (χ2v) is 7.86. The van der Waals surface area contributed by atoms with Crippen LogP contribution in [-0.4, -0.2) is 64.9 Å². The molecule has 0 aromatic carbocycles. The number of ether oxygens (including phenoxy) is 2. The topological polar surface area (TPSA) is 105 Å². The first-order chi connectivity index (χ1) is 13.9. The van der Waals surface area contributed by atoms with Crippen molar-refractivity contribution in [2.45, 2.75) is 32.0 Å². The summed E-state index contributed by atoms with van der Waals surface area (Å²) in [6.07, 6.45) is -2.74. The maximum atomic E-state index is 12.8. The number of rotatable bonds is 3. The minimum Gasteiger partial charge on any atom is -0.467 e. The molecule has 8 nitrogen and oxygen atoms in total. The summed E-state index contributed by atoms with van der Waals surface area (Å²) in [5, 5.41) is 16.5. The Bertz CT molecular complexity index is 921. The molecule has 1 atom stereocenters. The highest BCUT2D eigenvalue weighted by molar-refractivity contribution is 6.04. The van der Waals surface area contributed by atoms with Gasteiger partial charge in [-0.15, -0.1) is 10.2 Å². The molecule has 1 aromatic rings. The van der Waals surface area contributed by atoms with Crippen molar-refractivity contribution >= 4 is 11.7 Å². The SMILES string of the molecule is CC1(C)CC2(C=C(C#N)C1=O)CN(C(=O)c1ccc(OCC(F)(F)F)nn1)CCO2. The standard InChI is InChI=1S/C19H19F3N4O4/c1-17(2)9-18(7-12(8-23)15(17)27)10-26(5-6-30-18)16(28)13-3-4-14(25-24-13)29-11-19(20,21)22/h3-4,7H,5-6,9-11H2,1-2H3. The average Bonchev–Trinajstić information content (AvgIpc) is 2.68. The van der Waals surface area contributed by atoms with Crippen molar-refractivity contribution in [3.63, 3.8) is 0 Å². The zero-order chi connectivity index (χ0) is 22.2. The molecule has 11 heteroatoms. The number of morpholine rings is 1. The number of nitriles is 1. The smallest absolute Gasteiger partial charge is 0.422 e. The van der Waals surface area contributed by atoms with Gasteiger partial charge < -0.3 is 14.4 Å². The van der Waals surface area contributed by atoms with Crippen molar-refractivity contribution in [1.29, 1.82) is 5.26 Å². The molecule has 1 aliphatic carbocycles. The van der Waals surface area contributed by atoms with Gasteiger partial charge in [0, 0.05) is 18.0 Å². The monoisotopic (exact) mass is 424 g/mol. The fourth-order valence-corrected chi connectivity index (χ4v) is 3.66. The zero-order valence-electron chi connectivity index (χ0n) is 16.3. The molecule has 0 radical (unpaired) electrons. The van der Waals surface area contributed by atoms with Crippen LogP contribution in [0.25, 0.3) is 0 Å². The van der Waals surface area contributed by atoms with E-state index in [0.29, 0.717) is 6.42 Å². The van der Waals surface area contributed by atoms with E-state index < -0.39 is 29.7 Å². The lowest BCUT2D eigenvalue weighted by Crippen LogP contribution is -2.57. The largest absolute Gasteiger partial charge is 0.467 e. The second kappa shape index (κ2) is 7.68. The van der Waals surface area contributed by atoms with Crippen molar-refractivity contribution in [2.24, 2.45) is 5.41 Å². The molecule has 1 saturated heterocycles. The van der Waals surface area contributed by atoms with Crippen LogP contribution in [0.2, 0.25) is 0 Å². The molecule has 0 saturated carbocycles. The number of aromatic nitrogens is 2. The van der Waals surface area contributed by atoms with E-state index in [1.54, 1.807) is 13.8 Å². The third kappa shape index (κ3) is 4.59. The summed E-state index contributed by atoms with van der Waals surface area (Å²) in [5.74, 6) is -1.12. The first-order valence-corrected chi connectivity index (χ1v) is 9.09. The van der Waals surface area contributed by atoms with E-state index in [-0.39, 0.29) is 42.6 Å². The Balaban J connectivity index is 1.76. The first-order valence-electron chi connectivity index (χ1n) is 9.09. The fourth-order valence-electron chi connectivity index (χ4n) is 3.66. The number of alkyl halides is 3. The predicted molar refractivity (Wildman–Crippen MR) is 95.3 cm³/mol. The van der Waals surface area contributed by atoms with Crippen molar-refractivity contribution in [2.75, 3.05) is 26.3 Å². The van der Waals surface area contributed by atoms with Gasteiger partial charge in [0.25, 0.3) is 5.91 Å². The molecule has 1 unspecified atom stereocenters. The average molecular weight is 424 g/mol. The van der Waals surface area contributed by atoms with Crippen molar-refractivity contribution in [3.8, 4) is 11.9 Å². The van der Waals surface area contributed by atoms with E-state index >= 15 is 0 Å². The summed E-state index contributed by atoms with van der Waals surface area (Å²) in [6.45, 7) is 2.46. The lowest BCUT2D eigenvalue weighted by atomic mass is 9.69. The molecule has 0 N–H and O–H groups in total. The summed E-state index contributed by atoms with van der Waals surface area (Å²) in [4.78, 5) is 26.6. The van der Waals surface area contributed by atoms with E-state index in [1.165, 1.54) is 17.0 Å². The molecule has 3 rings (SSSR count). The second-order valence-electron chi connectivity index (χ2n) is 7.86. The van der Waals surface area contributed by atoms with Crippen LogP contribution >= 0.6 is 0 Å². The number of ketones is 1. The third-order valence-electron chi connectivity index (χ3n) is 4.87. The molecule has 30 heavy (non-hydrogen) atoms. The molecule has 1 spiro atoms. The molecule has 1 amide bonds. The maximum Gasteiger partial charge on any atom is 0.422 e. The van der Waals surface area contributed by atoms with Crippen molar-refractivity contribution in [1.82, 2.24) is 15.1 Å². The maximum absolute atomic E-state index is 12.8. The van der Waals surface area contributed by atoms with E-state index in [9.17, 15) is 28.0 Å². The van der Waals surface area contributed by atoms with Crippen molar-refractivity contribution < 1.29 is 32.2 Å². The number of hydrogen-bond donors (Lipinski definition) is 0. The number of nitrogens with zero attached hydrogens (tertiary/aromatic N) is 4. The van der Waals surface area contributed by atoms with Gasteiger partial charge in [-0.2, -0.15) is 18.4 Å². The Morgan fingerprint density at radius 3 is 2.70 bits per heavy atom. The van der Waals surface area contributed by atoms with Crippen molar-refractivity contribution in [3.05, 3.63) is 29.5 Å². The van der Waals surface area contributed by atoms with E-state index in [0.717, 1.165) is 6.07 Å². The van der Waals surface area contributed by atoms with Gasteiger partial charge in [0.1, 0.15) is 11.7 Å². The molecule has 1 aliphatic heterocycles. The number of halogens is 3. The van der Waals surface area contributed by atoms with Gasteiger partial charge in [-0.05, 0) is 18.6 Å². The van der Waals surface area contributed by atoms with Crippen LogP contribution in [0.15, 0.2) is 23.8 Å². The Hall–Kier alpha value is -3.00. The highest BCUT2D eigenvalue weighted by Crippen LogP contribution is 2.41. The quantitative estimate of drug-likeness (QED) is 0.731. The molecule has 0 bridgehead atoms. The zero-order valence-corrected chi connectivity index (χ0v) is 16.3. The number of allylic oxidation sites excluding steroid dienone is 1. The summed E-state index contributed by atoms with van der Waals surface area (Å²) in [6, 6.07) is 4.26. The lowest BCUT2D eigenvalue weighted by Gasteiger charge is -2.46. The molecule has 2 aliphatic rings. The molecular formula is C19H19F3N4O4. The van der Waals surface area contributed by atoms with Gasteiger partial charge in [0.05, 0.1) is 18.7 Å². The van der Waals surface area contributed by atoms with Crippen LogP contribution in [0.1, 0.15) is 30.8 Å². The number of carbonyl (C=O) groups excluding carboxylic acids is 2. The Labute approximate surface area is 170 Å². The number of Topliss-reactive ketones (excluding diaryl/α,β-unsaturated/α-hetero) is 1. The van der Waals surface area contributed by atoms with Crippen LogP contribution in [0, 0.1) is 16.7 Å².